The monoisotopic (exact) mass is 609 g/mol. The zero-order valence-electron chi connectivity index (χ0n) is 24.6. The molecule has 1 aliphatic rings. The fourth-order valence-electron chi connectivity index (χ4n) is 5.53. The lowest BCUT2D eigenvalue weighted by Crippen LogP contribution is -2.54. The van der Waals surface area contributed by atoms with Crippen LogP contribution in [0.15, 0.2) is 77.7 Å². The van der Waals surface area contributed by atoms with E-state index in [4.69, 9.17) is 11.6 Å². The third-order valence-electron chi connectivity index (χ3n) is 8.00. The van der Waals surface area contributed by atoms with Gasteiger partial charge in [0.15, 0.2) is 0 Å². The van der Waals surface area contributed by atoms with Crippen LogP contribution in [0.25, 0.3) is 0 Å². The molecule has 0 bridgehead atoms. The van der Waals surface area contributed by atoms with Crippen molar-refractivity contribution in [3.63, 3.8) is 0 Å². The molecule has 0 saturated heterocycles. The standard InChI is InChI=1S/C33H40ClN3O4S/c1-4-30(33(39)35-28-15-6-5-7-16-28)36(22-26-14-10-8-12-24(26)2)32(38)23-37(31-17-11-9-13-25(31)3)42(40,41)29-20-18-27(34)19-21-29/h8-14,17-21,28,30H,4-7,15-16,22-23H2,1-3H3,(H,35,39)/t30-/m1/s1. The second kappa shape index (κ2) is 14.2. The normalized spacial score (nSPS) is 14.7. The van der Waals surface area contributed by atoms with E-state index < -0.39 is 28.5 Å². The van der Waals surface area contributed by atoms with Crippen LogP contribution in [0.2, 0.25) is 5.02 Å². The molecule has 1 saturated carbocycles. The lowest BCUT2D eigenvalue weighted by Gasteiger charge is -2.35. The molecule has 1 N–H and O–H groups in total. The molecule has 0 aromatic heterocycles. The number of hydrogen-bond donors (Lipinski definition) is 1. The second-order valence-corrected chi connectivity index (χ2v) is 13.3. The van der Waals surface area contributed by atoms with Gasteiger partial charge in [-0.3, -0.25) is 13.9 Å². The summed E-state index contributed by atoms with van der Waals surface area (Å²) in [6.07, 6.45) is 5.55. The van der Waals surface area contributed by atoms with Gasteiger partial charge in [0.2, 0.25) is 11.8 Å². The van der Waals surface area contributed by atoms with E-state index in [-0.39, 0.29) is 23.4 Å². The van der Waals surface area contributed by atoms with Gasteiger partial charge >= 0.3 is 0 Å². The first-order valence-corrected chi connectivity index (χ1v) is 16.4. The number of aryl methyl sites for hydroxylation is 2. The van der Waals surface area contributed by atoms with Gasteiger partial charge in [-0.2, -0.15) is 0 Å². The first-order chi connectivity index (χ1) is 20.1. The second-order valence-electron chi connectivity index (χ2n) is 11.0. The average Bonchev–Trinajstić information content (AvgIpc) is 2.98. The van der Waals surface area contributed by atoms with Gasteiger partial charge in [0, 0.05) is 17.6 Å². The number of rotatable bonds is 11. The molecule has 224 valence electrons. The molecule has 3 aromatic carbocycles. The Morgan fingerprint density at radius 2 is 1.52 bits per heavy atom. The van der Waals surface area contributed by atoms with Crippen molar-refractivity contribution in [2.75, 3.05) is 10.8 Å². The molecule has 1 fully saturated rings. The van der Waals surface area contributed by atoms with Crippen LogP contribution in [-0.2, 0) is 26.2 Å². The third kappa shape index (κ3) is 7.53. The van der Waals surface area contributed by atoms with Crippen LogP contribution in [0, 0.1) is 13.8 Å². The largest absolute Gasteiger partial charge is 0.352 e. The molecule has 0 spiro atoms. The first kappa shape index (κ1) is 31.6. The fraction of sp³-hybridized carbons (Fsp3) is 0.394. The zero-order valence-corrected chi connectivity index (χ0v) is 26.1. The van der Waals surface area contributed by atoms with E-state index in [1.54, 1.807) is 17.0 Å². The molecule has 0 heterocycles. The van der Waals surface area contributed by atoms with Crippen molar-refractivity contribution in [1.82, 2.24) is 10.2 Å². The number of hydrogen-bond acceptors (Lipinski definition) is 4. The molecular weight excluding hydrogens is 570 g/mol. The van der Waals surface area contributed by atoms with Crippen LogP contribution in [0.1, 0.15) is 62.1 Å². The van der Waals surface area contributed by atoms with Crippen LogP contribution in [0.3, 0.4) is 0 Å². The lowest BCUT2D eigenvalue weighted by molar-refractivity contribution is -0.140. The van der Waals surface area contributed by atoms with E-state index in [1.807, 2.05) is 57.2 Å². The van der Waals surface area contributed by atoms with Crippen molar-refractivity contribution in [3.8, 4) is 0 Å². The van der Waals surface area contributed by atoms with Gasteiger partial charge in [0.25, 0.3) is 10.0 Å². The van der Waals surface area contributed by atoms with E-state index in [0.29, 0.717) is 22.7 Å². The number of halogens is 1. The van der Waals surface area contributed by atoms with Crippen molar-refractivity contribution in [2.24, 2.45) is 0 Å². The number of carbonyl (C=O) groups is 2. The maximum atomic E-state index is 14.3. The Kier molecular flexibility index (Phi) is 10.7. The smallest absolute Gasteiger partial charge is 0.264 e. The van der Waals surface area contributed by atoms with E-state index >= 15 is 0 Å². The van der Waals surface area contributed by atoms with Crippen molar-refractivity contribution < 1.29 is 18.0 Å². The number of nitrogens with zero attached hydrogens (tertiary/aromatic N) is 2. The van der Waals surface area contributed by atoms with Gasteiger partial charge in [-0.1, -0.05) is 80.3 Å². The third-order valence-corrected chi connectivity index (χ3v) is 10.0. The Balaban J connectivity index is 1.72. The predicted molar refractivity (Wildman–Crippen MR) is 168 cm³/mol. The number of amides is 2. The number of nitrogens with one attached hydrogen (secondary N) is 1. The van der Waals surface area contributed by atoms with E-state index in [9.17, 15) is 18.0 Å². The van der Waals surface area contributed by atoms with E-state index in [2.05, 4.69) is 5.32 Å². The Bertz CT molecular complexity index is 1490. The molecule has 9 heteroatoms. The summed E-state index contributed by atoms with van der Waals surface area (Å²) in [6.45, 7) is 5.37. The zero-order chi connectivity index (χ0) is 30.3. The predicted octanol–water partition coefficient (Wildman–Crippen LogP) is 6.41. The van der Waals surface area contributed by atoms with Crippen LogP contribution >= 0.6 is 11.6 Å². The molecule has 0 radical (unpaired) electrons. The molecular formula is C33H40ClN3O4S. The minimum absolute atomic E-state index is 0.0236. The Hall–Kier alpha value is -3.36. The van der Waals surface area contributed by atoms with Gasteiger partial charge in [0.1, 0.15) is 12.6 Å². The van der Waals surface area contributed by atoms with Crippen molar-refractivity contribution in [2.45, 2.75) is 82.8 Å². The fourth-order valence-corrected chi connectivity index (χ4v) is 7.13. The van der Waals surface area contributed by atoms with Gasteiger partial charge in [-0.25, -0.2) is 8.42 Å². The molecule has 1 aliphatic carbocycles. The summed E-state index contributed by atoms with van der Waals surface area (Å²) in [5.41, 5.74) is 2.99. The van der Waals surface area contributed by atoms with Crippen molar-refractivity contribution >= 4 is 39.1 Å². The average molecular weight is 610 g/mol. The number of anilines is 1. The molecule has 0 aliphatic heterocycles. The maximum Gasteiger partial charge on any atom is 0.264 e. The number of carbonyl (C=O) groups excluding carboxylic acids is 2. The van der Waals surface area contributed by atoms with Gasteiger partial charge in [-0.05, 0) is 80.1 Å². The van der Waals surface area contributed by atoms with Crippen LogP contribution in [0.5, 0.6) is 0 Å². The summed E-state index contributed by atoms with van der Waals surface area (Å²) in [5, 5.41) is 3.59. The Morgan fingerprint density at radius 3 is 2.14 bits per heavy atom. The summed E-state index contributed by atoms with van der Waals surface area (Å²) < 4.78 is 29.2. The van der Waals surface area contributed by atoms with Gasteiger partial charge in [-0.15, -0.1) is 0 Å². The molecule has 0 unspecified atom stereocenters. The highest BCUT2D eigenvalue weighted by Gasteiger charge is 2.35. The van der Waals surface area contributed by atoms with Crippen LogP contribution < -0.4 is 9.62 Å². The maximum absolute atomic E-state index is 14.3. The molecule has 3 aromatic rings. The van der Waals surface area contributed by atoms with E-state index in [0.717, 1.165) is 47.5 Å². The summed E-state index contributed by atoms with van der Waals surface area (Å²) in [7, 11) is -4.15. The lowest BCUT2D eigenvalue weighted by atomic mass is 9.95. The van der Waals surface area contributed by atoms with Gasteiger partial charge in [0.05, 0.1) is 10.6 Å². The highest BCUT2D eigenvalue weighted by atomic mass is 35.5. The highest BCUT2D eigenvalue weighted by molar-refractivity contribution is 7.92. The SMILES string of the molecule is CC[C@H](C(=O)NC1CCCCC1)N(Cc1ccccc1C)C(=O)CN(c1ccccc1C)S(=O)(=O)c1ccc(Cl)cc1. The molecule has 2 amide bonds. The molecule has 42 heavy (non-hydrogen) atoms. The summed E-state index contributed by atoms with van der Waals surface area (Å²) >= 11 is 6.04. The van der Waals surface area contributed by atoms with E-state index in [1.165, 1.54) is 24.3 Å². The summed E-state index contributed by atoms with van der Waals surface area (Å²) in [4.78, 5) is 29.5. The van der Waals surface area contributed by atoms with Crippen LogP contribution in [-0.4, -0.2) is 43.8 Å². The minimum atomic E-state index is -4.15. The van der Waals surface area contributed by atoms with Crippen molar-refractivity contribution in [3.05, 3.63) is 94.5 Å². The number of sulfonamides is 1. The summed E-state index contributed by atoms with van der Waals surface area (Å²) in [6, 6.07) is 20.0. The quantitative estimate of drug-likeness (QED) is 0.272. The Labute approximate surface area is 254 Å². The van der Waals surface area contributed by atoms with Crippen LogP contribution in [0.4, 0.5) is 5.69 Å². The number of para-hydroxylation sites is 1. The summed E-state index contributed by atoms with van der Waals surface area (Å²) in [5.74, 6) is -0.654. The van der Waals surface area contributed by atoms with Gasteiger partial charge < -0.3 is 10.2 Å². The highest BCUT2D eigenvalue weighted by Crippen LogP contribution is 2.28. The Morgan fingerprint density at radius 1 is 0.905 bits per heavy atom. The molecule has 1 atom stereocenters. The molecule has 4 rings (SSSR count). The number of benzene rings is 3. The minimum Gasteiger partial charge on any atom is -0.352 e. The molecule has 7 nitrogen and oxygen atoms in total. The topological polar surface area (TPSA) is 86.8 Å². The first-order valence-electron chi connectivity index (χ1n) is 14.6. The van der Waals surface area contributed by atoms with Crippen molar-refractivity contribution in [1.29, 1.82) is 0 Å².